The molecule has 0 spiro atoms. The molecule has 1 N–H and O–H groups in total. The Hall–Kier alpha value is -3.12. The number of nitrogens with one attached hydrogen (secondary N) is 1. The number of nitrogens with zero attached hydrogens (tertiary/aromatic N) is 1. The number of sulfonamides is 1. The van der Waals surface area contributed by atoms with Crippen LogP contribution in [0.4, 0.5) is 11.4 Å². The van der Waals surface area contributed by atoms with E-state index in [2.05, 4.69) is 5.32 Å². The minimum absolute atomic E-state index is 0.151. The lowest BCUT2D eigenvalue weighted by atomic mass is 10.1. The largest absolute Gasteiger partial charge is 0.324 e. The molecule has 0 aliphatic carbocycles. The first-order valence-corrected chi connectivity index (χ1v) is 11.6. The van der Waals surface area contributed by atoms with E-state index in [4.69, 9.17) is 0 Å². The first-order chi connectivity index (χ1) is 14.6. The third kappa shape index (κ3) is 5.14. The molecular formula is C25H28N2O3S. The average molecular weight is 437 g/mol. The summed E-state index contributed by atoms with van der Waals surface area (Å²) in [5.74, 6) is -0.399. The molecule has 0 bridgehead atoms. The van der Waals surface area contributed by atoms with Crippen molar-refractivity contribution in [3.05, 3.63) is 88.5 Å². The molecule has 0 saturated heterocycles. The average Bonchev–Trinajstić information content (AvgIpc) is 2.70. The molecule has 0 saturated carbocycles. The fourth-order valence-corrected chi connectivity index (χ4v) is 4.88. The van der Waals surface area contributed by atoms with Crippen molar-refractivity contribution in [2.24, 2.45) is 0 Å². The summed E-state index contributed by atoms with van der Waals surface area (Å²) in [6, 6.07) is 18.0. The van der Waals surface area contributed by atoms with E-state index in [1.54, 1.807) is 30.3 Å². The van der Waals surface area contributed by atoms with Crippen molar-refractivity contribution in [2.45, 2.75) is 39.5 Å². The van der Waals surface area contributed by atoms with Crippen molar-refractivity contribution in [1.29, 1.82) is 0 Å². The minimum atomic E-state index is -3.94. The van der Waals surface area contributed by atoms with E-state index in [1.807, 2.05) is 65.0 Å². The van der Waals surface area contributed by atoms with Crippen molar-refractivity contribution in [3.63, 3.8) is 0 Å². The van der Waals surface area contributed by atoms with E-state index < -0.39 is 15.9 Å². The van der Waals surface area contributed by atoms with Crippen LogP contribution in [0.3, 0.4) is 0 Å². The van der Waals surface area contributed by atoms with Crippen molar-refractivity contribution in [1.82, 2.24) is 0 Å². The van der Waals surface area contributed by atoms with Crippen LogP contribution < -0.4 is 9.62 Å². The van der Waals surface area contributed by atoms with E-state index in [9.17, 15) is 13.2 Å². The third-order valence-corrected chi connectivity index (χ3v) is 6.96. The maximum Gasteiger partial charge on any atom is 0.264 e. The number of hydrogen-bond acceptors (Lipinski definition) is 3. The molecule has 3 aromatic rings. The molecule has 0 radical (unpaired) electrons. The number of carbonyl (C=O) groups is 1. The van der Waals surface area contributed by atoms with E-state index in [1.165, 1.54) is 4.31 Å². The number of benzene rings is 3. The Bertz CT molecular complexity index is 1220. The van der Waals surface area contributed by atoms with E-state index >= 15 is 0 Å². The first-order valence-electron chi connectivity index (χ1n) is 10.1. The molecule has 1 amide bonds. The van der Waals surface area contributed by atoms with Crippen LogP contribution in [0.25, 0.3) is 0 Å². The van der Waals surface area contributed by atoms with Gasteiger partial charge in [0.2, 0.25) is 5.91 Å². The van der Waals surface area contributed by atoms with E-state index in [0.29, 0.717) is 11.4 Å². The summed E-state index contributed by atoms with van der Waals surface area (Å²) in [5, 5.41) is 2.86. The summed E-state index contributed by atoms with van der Waals surface area (Å²) in [4.78, 5) is 13.1. The SMILES string of the molecule is Cc1ccc(S(=O)(=O)N(CC(=O)Nc2ccc(C)cc2C)c2cc(C)ccc2C)cc1. The van der Waals surface area contributed by atoms with Gasteiger partial charge in [-0.1, -0.05) is 47.5 Å². The summed E-state index contributed by atoms with van der Waals surface area (Å²) in [5.41, 5.74) is 5.84. The fourth-order valence-electron chi connectivity index (χ4n) is 3.40. The molecule has 162 valence electrons. The number of hydrogen-bond donors (Lipinski definition) is 1. The normalized spacial score (nSPS) is 11.3. The monoisotopic (exact) mass is 436 g/mol. The molecule has 0 fully saturated rings. The van der Waals surface area contributed by atoms with E-state index in [0.717, 1.165) is 27.8 Å². The van der Waals surface area contributed by atoms with Crippen LogP contribution in [0.1, 0.15) is 27.8 Å². The van der Waals surface area contributed by atoms with Gasteiger partial charge in [0.15, 0.2) is 0 Å². The van der Waals surface area contributed by atoms with Crippen LogP contribution in [-0.4, -0.2) is 20.9 Å². The molecule has 0 aliphatic heterocycles. The highest BCUT2D eigenvalue weighted by atomic mass is 32.2. The quantitative estimate of drug-likeness (QED) is 0.587. The molecule has 6 heteroatoms. The predicted molar refractivity (Wildman–Crippen MR) is 126 cm³/mol. The molecule has 0 heterocycles. The van der Waals surface area contributed by atoms with Gasteiger partial charge >= 0.3 is 0 Å². The van der Waals surface area contributed by atoms with Crippen LogP contribution >= 0.6 is 0 Å². The number of amides is 1. The number of rotatable bonds is 6. The van der Waals surface area contributed by atoms with Crippen LogP contribution in [0.15, 0.2) is 65.6 Å². The predicted octanol–water partition coefficient (Wildman–Crippen LogP) is 5.06. The van der Waals surface area contributed by atoms with Crippen molar-refractivity contribution >= 4 is 27.3 Å². The van der Waals surface area contributed by atoms with Gasteiger partial charge in [-0.25, -0.2) is 8.42 Å². The highest BCUT2D eigenvalue weighted by molar-refractivity contribution is 7.92. The van der Waals surface area contributed by atoms with Gasteiger partial charge in [-0.15, -0.1) is 0 Å². The maximum atomic E-state index is 13.6. The Kier molecular flexibility index (Phi) is 6.51. The lowest BCUT2D eigenvalue weighted by Gasteiger charge is -2.26. The molecule has 0 unspecified atom stereocenters. The Morgan fingerprint density at radius 1 is 0.774 bits per heavy atom. The smallest absolute Gasteiger partial charge is 0.264 e. The van der Waals surface area contributed by atoms with Crippen molar-refractivity contribution in [2.75, 3.05) is 16.2 Å². The summed E-state index contributed by atoms with van der Waals surface area (Å²) in [6.45, 7) is 9.21. The molecule has 0 aliphatic rings. The summed E-state index contributed by atoms with van der Waals surface area (Å²) >= 11 is 0. The topological polar surface area (TPSA) is 66.5 Å². The second kappa shape index (κ2) is 8.94. The van der Waals surface area contributed by atoms with Crippen molar-refractivity contribution < 1.29 is 13.2 Å². The van der Waals surface area contributed by atoms with Gasteiger partial charge in [0.05, 0.1) is 10.6 Å². The summed E-state index contributed by atoms with van der Waals surface area (Å²) < 4.78 is 28.3. The Balaban J connectivity index is 2.00. The van der Waals surface area contributed by atoms with Gasteiger partial charge in [-0.2, -0.15) is 0 Å². The molecule has 5 nitrogen and oxygen atoms in total. The number of aryl methyl sites for hydroxylation is 5. The molecule has 0 atom stereocenters. The third-order valence-electron chi connectivity index (χ3n) is 5.19. The van der Waals surface area contributed by atoms with Crippen LogP contribution in [0, 0.1) is 34.6 Å². The molecular weight excluding hydrogens is 408 g/mol. The Morgan fingerprint density at radius 3 is 2.00 bits per heavy atom. The zero-order chi connectivity index (χ0) is 22.8. The van der Waals surface area contributed by atoms with Crippen LogP contribution in [-0.2, 0) is 14.8 Å². The van der Waals surface area contributed by atoms with Gasteiger partial charge in [0.1, 0.15) is 6.54 Å². The maximum absolute atomic E-state index is 13.6. The zero-order valence-electron chi connectivity index (χ0n) is 18.6. The minimum Gasteiger partial charge on any atom is -0.324 e. The second-order valence-corrected chi connectivity index (χ2v) is 9.84. The molecule has 3 rings (SSSR count). The molecule has 31 heavy (non-hydrogen) atoms. The lowest BCUT2D eigenvalue weighted by molar-refractivity contribution is -0.114. The molecule has 3 aromatic carbocycles. The highest BCUT2D eigenvalue weighted by Gasteiger charge is 2.28. The van der Waals surface area contributed by atoms with Crippen molar-refractivity contribution in [3.8, 4) is 0 Å². The Morgan fingerprint density at radius 2 is 1.35 bits per heavy atom. The number of anilines is 2. The van der Waals surface area contributed by atoms with Gasteiger partial charge < -0.3 is 5.32 Å². The summed E-state index contributed by atoms with van der Waals surface area (Å²) in [6.07, 6.45) is 0. The lowest BCUT2D eigenvalue weighted by Crippen LogP contribution is -2.38. The highest BCUT2D eigenvalue weighted by Crippen LogP contribution is 2.28. The zero-order valence-corrected chi connectivity index (χ0v) is 19.4. The second-order valence-electron chi connectivity index (χ2n) is 7.98. The standard InChI is InChI=1S/C25H28N2O3S/c1-17-7-11-22(12-8-17)31(29,30)27(24-15-19(3)6-10-20(24)4)16-25(28)26-23-13-9-18(2)14-21(23)5/h6-15H,16H2,1-5H3,(H,26,28). The fraction of sp³-hybridized carbons (Fsp3) is 0.240. The van der Waals surface area contributed by atoms with Crippen LogP contribution in [0.2, 0.25) is 0 Å². The van der Waals surface area contributed by atoms with Gasteiger partial charge in [-0.3, -0.25) is 9.10 Å². The molecule has 0 aromatic heterocycles. The Labute approximate surface area is 184 Å². The van der Waals surface area contributed by atoms with Gasteiger partial charge in [0, 0.05) is 5.69 Å². The van der Waals surface area contributed by atoms with Gasteiger partial charge in [0.25, 0.3) is 10.0 Å². The van der Waals surface area contributed by atoms with E-state index in [-0.39, 0.29) is 11.4 Å². The van der Waals surface area contributed by atoms with Crippen LogP contribution in [0.5, 0.6) is 0 Å². The van der Waals surface area contributed by atoms with Gasteiger partial charge in [-0.05, 0) is 75.6 Å². The number of carbonyl (C=O) groups excluding carboxylic acids is 1. The first kappa shape index (κ1) is 22.6. The summed E-state index contributed by atoms with van der Waals surface area (Å²) in [7, 11) is -3.94.